The van der Waals surface area contributed by atoms with Gasteiger partial charge in [0.2, 0.25) is 11.8 Å². The summed E-state index contributed by atoms with van der Waals surface area (Å²) in [5.41, 5.74) is 0.186. The molecule has 1 aliphatic rings. The standard InChI is InChI=1S/C20H30N4O4/c1-13-8-6-10-16(21-13)23-17(25)15-9-7-11-24(12-15)18(26)14(2)22-19(27)28-20(3,4)5/h6,8,10,14-15H,7,9,11-12H2,1-5H3,(H,22,27)(H,21,23,25). The largest absolute Gasteiger partial charge is 0.444 e. The lowest BCUT2D eigenvalue weighted by Crippen LogP contribution is -2.52. The molecule has 1 aromatic heterocycles. The molecule has 8 heteroatoms. The second kappa shape index (κ2) is 9.03. The first-order valence-electron chi connectivity index (χ1n) is 9.58. The van der Waals surface area contributed by atoms with Gasteiger partial charge in [-0.05, 0) is 59.6 Å². The van der Waals surface area contributed by atoms with Crippen LogP contribution >= 0.6 is 0 Å². The molecule has 154 valence electrons. The predicted molar refractivity (Wildman–Crippen MR) is 106 cm³/mol. The summed E-state index contributed by atoms with van der Waals surface area (Å²) in [6.07, 6.45) is 0.796. The maximum absolute atomic E-state index is 12.7. The zero-order valence-electron chi connectivity index (χ0n) is 17.2. The van der Waals surface area contributed by atoms with Gasteiger partial charge in [-0.2, -0.15) is 0 Å². The van der Waals surface area contributed by atoms with Crippen LogP contribution in [0.5, 0.6) is 0 Å². The number of pyridine rings is 1. The second-order valence-electron chi connectivity index (χ2n) is 8.14. The Kier molecular flexibility index (Phi) is 6.99. The van der Waals surface area contributed by atoms with Crippen LogP contribution in [0.2, 0.25) is 0 Å². The van der Waals surface area contributed by atoms with Crippen LogP contribution in [0, 0.1) is 12.8 Å². The van der Waals surface area contributed by atoms with E-state index in [1.807, 2.05) is 19.1 Å². The Hall–Kier alpha value is -2.64. The van der Waals surface area contributed by atoms with Crippen LogP contribution in [0.3, 0.4) is 0 Å². The molecule has 0 spiro atoms. The number of carbonyl (C=O) groups excluding carboxylic acids is 3. The van der Waals surface area contributed by atoms with E-state index in [1.54, 1.807) is 38.7 Å². The number of ether oxygens (including phenoxy) is 1. The fourth-order valence-electron chi connectivity index (χ4n) is 3.05. The Morgan fingerprint density at radius 2 is 2.00 bits per heavy atom. The topological polar surface area (TPSA) is 101 Å². The fraction of sp³-hybridized carbons (Fsp3) is 0.600. The number of amides is 3. The van der Waals surface area contributed by atoms with E-state index in [2.05, 4.69) is 15.6 Å². The third-order valence-electron chi connectivity index (χ3n) is 4.35. The van der Waals surface area contributed by atoms with Crippen molar-refractivity contribution in [2.75, 3.05) is 18.4 Å². The van der Waals surface area contributed by atoms with Crippen LogP contribution in [0.4, 0.5) is 10.6 Å². The summed E-state index contributed by atoms with van der Waals surface area (Å²) in [6, 6.07) is 4.70. The average molecular weight is 390 g/mol. The van der Waals surface area contributed by atoms with Crippen molar-refractivity contribution in [3.05, 3.63) is 23.9 Å². The highest BCUT2D eigenvalue weighted by Crippen LogP contribution is 2.19. The number of anilines is 1. The van der Waals surface area contributed by atoms with E-state index in [0.717, 1.165) is 12.1 Å². The zero-order valence-corrected chi connectivity index (χ0v) is 17.2. The van der Waals surface area contributed by atoms with Crippen LogP contribution < -0.4 is 10.6 Å². The van der Waals surface area contributed by atoms with Crippen LogP contribution in [-0.4, -0.2) is 52.5 Å². The van der Waals surface area contributed by atoms with Crippen molar-refractivity contribution < 1.29 is 19.1 Å². The van der Waals surface area contributed by atoms with Crippen molar-refractivity contribution in [1.29, 1.82) is 0 Å². The van der Waals surface area contributed by atoms with Gasteiger partial charge in [0.25, 0.3) is 0 Å². The molecule has 3 amide bonds. The van der Waals surface area contributed by atoms with Crippen molar-refractivity contribution in [2.24, 2.45) is 5.92 Å². The predicted octanol–water partition coefficient (Wildman–Crippen LogP) is 2.48. The average Bonchev–Trinajstić information content (AvgIpc) is 2.59. The van der Waals surface area contributed by atoms with Gasteiger partial charge < -0.3 is 20.3 Å². The van der Waals surface area contributed by atoms with Gasteiger partial charge in [-0.1, -0.05) is 6.07 Å². The van der Waals surface area contributed by atoms with E-state index in [9.17, 15) is 14.4 Å². The summed E-state index contributed by atoms with van der Waals surface area (Å²) in [5, 5.41) is 5.38. The molecule has 0 bridgehead atoms. The van der Waals surface area contributed by atoms with Gasteiger partial charge in [0.05, 0.1) is 5.92 Å². The lowest BCUT2D eigenvalue weighted by atomic mass is 9.96. The molecule has 28 heavy (non-hydrogen) atoms. The highest BCUT2D eigenvalue weighted by atomic mass is 16.6. The Balaban J connectivity index is 1.91. The second-order valence-corrected chi connectivity index (χ2v) is 8.14. The molecule has 2 heterocycles. The van der Waals surface area contributed by atoms with E-state index in [1.165, 1.54) is 0 Å². The molecular formula is C20H30N4O4. The van der Waals surface area contributed by atoms with Crippen LogP contribution in [0.15, 0.2) is 18.2 Å². The molecule has 2 rings (SSSR count). The summed E-state index contributed by atoms with van der Waals surface area (Å²) < 4.78 is 5.19. The summed E-state index contributed by atoms with van der Waals surface area (Å²) >= 11 is 0. The SMILES string of the molecule is Cc1cccc(NC(=O)C2CCCN(C(=O)C(C)NC(=O)OC(C)(C)C)C2)n1. The number of nitrogens with zero attached hydrogens (tertiary/aromatic N) is 2. The highest BCUT2D eigenvalue weighted by Gasteiger charge is 2.31. The molecule has 8 nitrogen and oxygen atoms in total. The molecule has 0 aliphatic carbocycles. The number of hydrogen-bond acceptors (Lipinski definition) is 5. The van der Waals surface area contributed by atoms with Gasteiger partial charge in [-0.3, -0.25) is 9.59 Å². The normalized spacial score (nSPS) is 18.2. The third kappa shape index (κ3) is 6.51. The maximum atomic E-state index is 12.7. The van der Waals surface area contributed by atoms with E-state index >= 15 is 0 Å². The minimum atomic E-state index is -0.727. The smallest absolute Gasteiger partial charge is 0.408 e. The van der Waals surface area contributed by atoms with Gasteiger partial charge in [-0.15, -0.1) is 0 Å². The molecule has 0 radical (unpaired) electrons. The van der Waals surface area contributed by atoms with Crippen molar-refractivity contribution >= 4 is 23.7 Å². The van der Waals surface area contributed by atoms with E-state index in [0.29, 0.717) is 25.3 Å². The molecule has 2 atom stereocenters. The number of piperidine rings is 1. The number of hydrogen-bond donors (Lipinski definition) is 2. The number of nitrogens with one attached hydrogen (secondary N) is 2. The van der Waals surface area contributed by atoms with Crippen LogP contribution in [-0.2, 0) is 14.3 Å². The van der Waals surface area contributed by atoms with Crippen molar-refractivity contribution in [2.45, 2.75) is 59.1 Å². The number of rotatable bonds is 4. The molecule has 2 unspecified atom stereocenters. The molecule has 1 fully saturated rings. The quantitative estimate of drug-likeness (QED) is 0.823. The first-order valence-corrected chi connectivity index (χ1v) is 9.58. The Morgan fingerprint density at radius 3 is 2.64 bits per heavy atom. The summed E-state index contributed by atoms with van der Waals surface area (Å²) in [4.78, 5) is 43.0. The highest BCUT2D eigenvalue weighted by molar-refractivity contribution is 5.92. The van der Waals surface area contributed by atoms with Gasteiger partial charge in [0.15, 0.2) is 0 Å². The molecule has 1 saturated heterocycles. The van der Waals surface area contributed by atoms with Crippen molar-refractivity contribution in [3.8, 4) is 0 Å². The molecular weight excluding hydrogens is 360 g/mol. The Labute approximate surface area is 166 Å². The Bertz CT molecular complexity index is 729. The van der Waals surface area contributed by atoms with Gasteiger partial charge in [0.1, 0.15) is 17.5 Å². The number of carbonyl (C=O) groups is 3. The number of aryl methyl sites for hydroxylation is 1. The molecule has 2 N–H and O–H groups in total. The molecule has 0 aromatic carbocycles. The number of alkyl carbamates (subject to hydrolysis) is 1. The number of aromatic nitrogens is 1. The molecule has 1 aliphatic heterocycles. The minimum absolute atomic E-state index is 0.150. The molecule has 0 saturated carbocycles. The first kappa shape index (κ1) is 21.7. The third-order valence-corrected chi connectivity index (χ3v) is 4.35. The fourth-order valence-corrected chi connectivity index (χ4v) is 3.05. The van der Waals surface area contributed by atoms with Gasteiger partial charge in [0, 0.05) is 18.8 Å². The van der Waals surface area contributed by atoms with Crippen LogP contribution in [0.25, 0.3) is 0 Å². The Morgan fingerprint density at radius 1 is 1.29 bits per heavy atom. The van der Waals surface area contributed by atoms with Gasteiger partial charge >= 0.3 is 6.09 Å². The lowest BCUT2D eigenvalue weighted by molar-refractivity contribution is -0.136. The summed E-state index contributed by atoms with van der Waals surface area (Å²) in [5.74, 6) is -0.178. The first-order chi connectivity index (χ1) is 13.0. The van der Waals surface area contributed by atoms with E-state index in [4.69, 9.17) is 4.74 Å². The zero-order chi connectivity index (χ0) is 20.9. The summed E-state index contributed by atoms with van der Waals surface area (Å²) in [7, 11) is 0. The van der Waals surface area contributed by atoms with Gasteiger partial charge in [-0.25, -0.2) is 9.78 Å². The monoisotopic (exact) mass is 390 g/mol. The van der Waals surface area contributed by atoms with Crippen molar-refractivity contribution in [3.63, 3.8) is 0 Å². The lowest BCUT2D eigenvalue weighted by Gasteiger charge is -2.34. The van der Waals surface area contributed by atoms with E-state index in [-0.39, 0.29) is 17.7 Å². The summed E-state index contributed by atoms with van der Waals surface area (Å²) in [6.45, 7) is 9.63. The van der Waals surface area contributed by atoms with E-state index < -0.39 is 17.7 Å². The van der Waals surface area contributed by atoms with Crippen molar-refractivity contribution in [1.82, 2.24) is 15.2 Å². The number of likely N-dealkylation sites (tertiary alicyclic amines) is 1. The molecule has 1 aromatic rings. The maximum Gasteiger partial charge on any atom is 0.408 e. The van der Waals surface area contributed by atoms with Crippen LogP contribution in [0.1, 0.15) is 46.2 Å². The minimum Gasteiger partial charge on any atom is -0.444 e.